The predicted octanol–water partition coefficient (Wildman–Crippen LogP) is 2.20. The van der Waals surface area contributed by atoms with Crippen LogP contribution in [0.4, 0.5) is 5.69 Å². The molecule has 1 aromatic rings. The van der Waals surface area contributed by atoms with E-state index < -0.39 is 0 Å². The number of nitrogens with zero attached hydrogens (tertiary/aromatic N) is 1. The summed E-state index contributed by atoms with van der Waals surface area (Å²) in [6.45, 7) is 5.67. The first-order valence-corrected chi connectivity index (χ1v) is 7.47. The van der Waals surface area contributed by atoms with Gasteiger partial charge in [-0.15, -0.1) is 0 Å². The summed E-state index contributed by atoms with van der Waals surface area (Å²) in [4.78, 5) is 13.4. The zero-order valence-electron chi connectivity index (χ0n) is 12.4. The number of nitrogens with one attached hydrogen (secondary N) is 1. The Kier molecular flexibility index (Phi) is 5.01. The normalized spacial score (nSPS) is 17.9. The van der Waals surface area contributed by atoms with E-state index in [0.29, 0.717) is 6.04 Å². The Bertz CT molecular complexity index is 436. The number of amides is 1. The van der Waals surface area contributed by atoms with Crippen molar-refractivity contribution < 1.29 is 4.79 Å². The standard InChI is InChI=1S/C16H25N3O/c1-3-16(17)13-4-6-15(7-5-13)19-10-8-14(9-11-19)18-12(2)20/h4-7,14,16H,3,8-11,17H2,1-2H3,(H,18,20)/t16-/m0/s1. The van der Waals surface area contributed by atoms with Gasteiger partial charge in [-0.1, -0.05) is 19.1 Å². The molecule has 2 rings (SSSR count). The highest BCUT2D eigenvalue weighted by Crippen LogP contribution is 2.22. The van der Waals surface area contributed by atoms with Crippen LogP contribution in [0.5, 0.6) is 0 Å². The Balaban J connectivity index is 1.92. The zero-order chi connectivity index (χ0) is 14.5. The van der Waals surface area contributed by atoms with Gasteiger partial charge in [0.2, 0.25) is 5.91 Å². The van der Waals surface area contributed by atoms with Crippen LogP contribution in [0.25, 0.3) is 0 Å². The molecule has 0 bridgehead atoms. The topological polar surface area (TPSA) is 58.4 Å². The van der Waals surface area contributed by atoms with Gasteiger partial charge in [-0.25, -0.2) is 0 Å². The Labute approximate surface area is 121 Å². The molecule has 0 spiro atoms. The molecule has 20 heavy (non-hydrogen) atoms. The van der Waals surface area contributed by atoms with Gasteiger partial charge in [-0.2, -0.15) is 0 Å². The molecule has 4 nitrogen and oxygen atoms in total. The summed E-state index contributed by atoms with van der Waals surface area (Å²) in [5.74, 6) is 0.0707. The third-order valence-electron chi connectivity index (χ3n) is 4.03. The van der Waals surface area contributed by atoms with E-state index in [0.717, 1.165) is 32.4 Å². The van der Waals surface area contributed by atoms with Crippen LogP contribution in [0.3, 0.4) is 0 Å². The van der Waals surface area contributed by atoms with Gasteiger partial charge < -0.3 is 16.0 Å². The van der Waals surface area contributed by atoms with Crippen molar-refractivity contribution in [3.05, 3.63) is 29.8 Å². The largest absolute Gasteiger partial charge is 0.371 e. The molecule has 0 aromatic heterocycles. The highest BCUT2D eigenvalue weighted by Gasteiger charge is 2.19. The van der Waals surface area contributed by atoms with E-state index in [1.54, 1.807) is 6.92 Å². The molecule has 0 aliphatic carbocycles. The van der Waals surface area contributed by atoms with Gasteiger partial charge in [0.15, 0.2) is 0 Å². The second kappa shape index (κ2) is 6.75. The smallest absolute Gasteiger partial charge is 0.217 e. The molecule has 3 N–H and O–H groups in total. The average Bonchev–Trinajstić information content (AvgIpc) is 2.47. The second-order valence-corrected chi connectivity index (χ2v) is 5.57. The van der Waals surface area contributed by atoms with Gasteiger partial charge in [-0.3, -0.25) is 4.79 Å². The summed E-state index contributed by atoms with van der Waals surface area (Å²) < 4.78 is 0. The minimum atomic E-state index is 0.0707. The summed E-state index contributed by atoms with van der Waals surface area (Å²) in [5, 5.41) is 3.00. The van der Waals surface area contributed by atoms with Gasteiger partial charge in [-0.05, 0) is 37.0 Å². The molecule has 110 valence electrons. The first-order chi connectivity index (χ1) is 9.60. The summed E-state index contributed by atoms with van der Waals surface area (Å²) in [6, 6.07) is 9.03. The summed E-state index contributed by atoms with van der Waals surface area (Å²) in [5.41, 5.74) is 8.48. The summed E-state index contributed by atoms with van der Waals surface area (Å²) in [7, 11) is 0. The average molecular weight is 275 g/mol. The highest BCUT2D eigenvalue weighted by molar-refractivity contribution is 5.73. The predicted molar refractivity (Wildman–Crippen MR) is 82.7 cm³/mol. The van der Waals surface area contributed by atoms with Crippen molar-refractivity contribution in [2.45, 2.75) is 45.2 Å². The molecule has 1 atom stereocenters. The van der Waals surface area contributed by atoms with Crippen LogP contribution in [-0.2, 0) is 4.79 Å². The van der Waals surface area contributed by atoms with Crippen LogP contribution in [0, 0.1) is 0 Å². The molecule has 0 radical (unpaired) electrons. The Morgan fingerprint density at radius 2 is 1.95 bits per heavy atom. The van der Waals surface area contributed by atoms with Crippen molar-refractivity contribution in [2.24, 2.45) is 5.73 Å². The number of carbonyl (C=O) groups excluding carboxylic acids is 1. The minimum Gasteiger partial charge on any atom is -0.371 e. The van der Waals surface area contributed by atoms with Crippen molar-refractivity contribution in [1.82, 2.24) is 5.32 Å². The molecule has 1 amide bonds. The number of benzene rings is 1. The van der Waals surface area contributed by atoms with Crippen molar-refractivity contribution >= 4 is 11.6 Å². The number of anilines is 1. The van der Waals surface area contributed by atoms with E-state index in [2.05, 4.69) is 41.4 Å². The zero-order valence-corrected chi connectivity index (χ0v) is 12.4. The van der Waals surface area contributed by atoms with Gasteiger partial charge in [0, 0.05) is 37.8 Å². The number of carbonyl (C=O) groups is 1. The maximum atomic E-state index is 11.1. The first-order valence-electron chi connectivity index (χ1n) is 7.47. The van der Waals surface area contributed by atoms with Crippen LogP contribution in [-0.4, -0.2) is 25.0 Å². The van der Waals surface area contributed by atoms with Gasteiger partial charge in [0.1, 0.15) is 0 Å². The maximum Gasteiger partial charge on any atom is 0.217 e. The third-order valence-corrected chi connectivity index (χ3v) is 4.03. The third kappa shape index (κ3) is 3.73. The quantitative estimate of drug-likeness (QED) is 0.885. The SMILES string of the molecule is CC[C@H](N)c1ccc(N2CCC(NC(C)=O)CC2)cc1. The Hall–Kier alpha value is -1.55. The van der Waals surface area contributed by atoms with E-state index >= 15 is 0 Å². The molecule has 1 aliphatic heterocycles. The van der Waals surface area contributed by atoms with Crippen molar-refractivity contribution in [3.8, 4) is 0 Å². The van der Waals surface area contributed by atoms with Crippen LogP contribution < -0.4 is 16.0 Å². The Morgan fingerprint density at radius 3 is 2.45 bits per heavy atom. The van der Waals surface area contributed by atoms with Gasteiger partial charge in [0.05, 0.1) is 0 Å². The lowest BCUT2D eigenvalue weighted by Crippen LogP contribution is -2.44. The lowest BCUT2D eigenvalue weighted by Gasteiger charge is -2.34. The van der Waals surface area contributed by atoms with Crippen LogP contribution >= 0.6 is 0 Å². The molecule has 4 heteroatoms. The van der Waals surface area contributed by atoms with E-state index in [1.165, 1.54) is 11.3 Å². The van der Waals surface area contributed by atoms with Crippen LogP contribution in [0.15, 0.2) is 24.3 Å². The second-order valence-electron chi connectivity index (χ2n) is 5.57. The molecule has 1 aliphatic rings. The van der Waals surface area contributed by atoms with E-state index in [-0.39, 0.29) is 11.9 Å². The Morgan fingerprint density at radius 1 is 1.35 bits per heavy atom. The number of hydrogen-bond acceptors (Lipinski definition) is 3. The summed E-state index contributed by atoms with van der Waals surface area (Å²) >= 11 is 0. The lowest BCUT2D eigenvalue weighted by atomic mass is 10.0. The van der Waals surface area contributed by atoms with E-state index in [9.17, 15) is 4.79 Å². The molecular weight excluding hydrogens is 250 g/mol. The number of piperidine rings is 1. The fourth-order valence-electron chi connectivity index (χ4n) is 2.74. The number of hydrogen-bond donors (Lipinski definition) is 2. The molecule has 1 heterocycles. The molecule has 1 aromatic carbocycles. The monoisotopic (exact) mass is 275 g/mol. The van der Waals surface area contributed by atoms with E-state index in [4.69, 9.17) is 5.73 Å². The van der Waals surface area contributed by atoms with Crippen molar-refractivity contribution in [2.75, 3.05) is 18.0 Å². The van der Waals surface area contributed by atoms with Gasteiger partial charge in [0.25, 0.3) is 0 Å². The summed E-state index contributed by atoms with van der Waals surface area (Å²) in [6.07, 6.45) is 2.98. The number of nitrogens with two attached hydrogens (primary N) is 1. The first kappa shape index (κ1) is 14.9. The fraction of sp³-hybridized carbons (Fsp3) is 0.562. The lowest BCUT2D eigenvalue weighted by molar-refractivity contribution is -0.119. The molecule has 1 saturated heterocycles. The van der Waals surface area contributed by atoms with Gasteiger partial charge >= 0.3 is 0 Å². The number of rotatable bonds is 4. The molecular formula is C16H25N3O. The van der Waals surface area contributed by atoms with E-state index in [1.807, 2.05) is 0 Å². The fourth-order valence-corrected chi connectivity index (χ4v) is 2.74. The van der Waals surface area contributed by atoms with Crippen molar-refractivity contribution in [1.29, 1.82) is 0 Å². The molecule has 0 unspecified atom stereocenters. The molecule has 1 fully saturated rings. The van der Waals surface area contributed by atoms with Crippen molar-refractivity contribution in [3.63, 3.8) is 0 Å². The van der Waals surface area contributed by atoms with Crippen LogP contribution in [0.1, 0.15) is 44.7 Å². The van der Waals surface area contributed by atoms with Crippen LogP contribution in [0.2, 0.25) is 0 Å². The maximum absolute atomic E-state index is 11.1. The minimum absolute atomic E-state index is 0.0707. The molecule has 0 saturated carbocycles. The highest BCUT2D eigenvalue weighted by atomic mass is 16.1.